The van der Waals surface area contributed by atoms with Crippen LogP contribution in [0.25, 0.3) is 5.69 Å². The Morgan fingerprint density at radius 1 is 1.21 bits per heavy atom. The van der Waals surface area contributed by atoms with Gasteiger partial charge >= 0.3 is 0 Å². The molecule has 0 atom stereocenters. The third kappa shape index (κ3) is 3.66. The van der Waals surface area contributed by atoms with Gasteiger partial charge < -0.3 is 10.6 Å². The summed E-state index contributed by atoms with van der Waals surface area (Å²) in [6.45, 7) is 9.51. The lowest BCUT2D eigenvalue weighted by Gasteiger charge is -2.27. The van der Waals surface area contributed by atoms with Crippen LogP contribution >= 0.6 is 0 Å². The number of aromatic nitrogens is 2. The molecule has 24 heavy (non-hydrogen) atoms. The number of benzene rings is 1. The summed E-state index contributed by atoms with van der Waals surface area (Å²) >= 11 is 0. The van der Waals surface area contributed by atoms with Crippen molar-refractivity contribution in [2.24, 2.45) is 0 Å². The Morgan fingerprint density at radius 3 is 2.62 bits per heavy atom. The first-order chi connectivity index (χ1) is 11.7. The molecule has 1 fully saturated rings. The Balaban J connectivity index is 1.65. The van der Waals surface area contributed by atoms with E-state index >= 15 is 0 Å². The summed E-state index contributed by atoms with van der Waals surface area (Å²) in [5.74, 6) is -0.0395. The number of aryl methyl sites for hydroxylation is 1. The van der Waals surface area contributed by atoms with E-state index in [9.17, 15) is 4.79 Å². The standard InChI is InChI=1S/C18H25N5O/c1-14-17(15(2)23(21-14)16-6-4-3-5-7-16)18(24)20-10-13-22-11-8-19-9-12-22/h3-7,19H,8-13H2,1-2H3,(H,20,24). The highest BCUT2D eigenvalue weighted by atomic mass is 16.1. The van der Waals surface area contributed by atoms with Crippen LogP contribution in [0.15, 0.2) is 30.3 Å². The average molecular weight is 327 g/mol. The summed E-state index contributed by atoms with van der Waals surface area (Å²) in [5, 5.41) is 10.9. The van der Waals surface area contributed by atoms with Crippen LogP contribution in [0.3, 0.4) is 0 Å². The van der Waals surface area contributed by atoms with E-state index in [1.54, 1.807) is 0 Å². The van der Waals surface area contributed by atoms with Crippen LogP contribution in [0.1, 0.15) is 21.7 Å². The van der Waals surface area contributed by atoms with E-state index in [1.807, 2.05) is 48.9 Å². The van der Waals surface area contributed by atoms with E-state index in [0.717, 1.165) is 49.8 Å². The zero-order chi connectivity index (χ0) is 16.9. The SMILES string of the molecule is Cc1nn(-c2ccccc2)c(C)c1C(=O)NCCN1CCNCC1. The van der Waals surface area contributed by atoms with Crippen LogP contribution < -0.4 is 10.6 Å². The smallest absolute Gasteiger partial charge is 0.255 e. The fraction of sp³-hybridized carbons (Fsp3) is 0.444. The van der Waals surface area contributed by atoms with Gasteiger partial charge in [0, 0.05) is 39.3 Å². The number of amides is 1. The lowest BCUT2D eigenvalue weighted by atomic mass is 10.2. The van der Waals surface area contributed by atoms with Crippen molar-refractivity contribution >= 4 is 5.91 Å². The zero-order valence-electron chi connectivity index (χ0n) is 14.4. The second kappa shape index (κ2) is 7.59. The maximum absolute atomic E-state index is 12.6. The molecular formula is C18H25N5O. The molecule has 0 bridgehead atoms. The van der Waals surface area contributed by atoms with E-state index in [0.29, 0.717) is 12.1 Å². The number of carbonyl (C=O) groups excluding carboxylic acids is 1. The number of nitrogens with one attached hydrogen (secondary N) is 2. The number of hydrogen-bond acceptors (Lipinski definition) is 4. The van der Waals surface area contributed by atoms with Gasteiger partial charge in [0.05, 0.1) is 22.6 Å². The van der Waals surface area contributed by atoms with Gasteiger partial charge in [0.1, 0.15) is 0 Å². The summed E-state index contributed by atoms with van der Waals surface area (Å²) in [7, 11) is 0. The number of para-hydroxylation sites is 1. The Kier molecular flexibility index (Phi) is 5.27. The summed E-state index contributed by atoms with van der Waals surface area (Å²) in [4.78, 5) is 14.9. The van der Waals surface area contributed by atoms with Gasteiger partial charge in [0.2, 0.25) is 0 Å². The van der Waals surface area contributed by atoms with E-state index in [1.165, 1.54) is 0 Å². The van der Waals surface area contributed by atoms with Gasteiger partial charge in [-0.05, 0) is 26.0 Å². The van der Waals surface area contributed by atoms with Gasteiger partial charge in [0.15, 0.2) is 0 Å². The van der Waals surface area contributed by atoms with E-state index < -0.39 is 0 Å². The predicted molar refractivity (Wildman–Crippen MR) is 94.7 cm³/mol. The molecule has 2 aromatic rings. The molecule has 6 heteroatoms. The lowest BCUT2D eigenvalue weighted by Crippen LogP contribution is -2.46. The number of rotatable bonds is 5. The minimum atomic E-state index is -0.0395. The molecule has 0 saturated carbocycles. The second-order valence-electron chi connectivity index (χ2n) is 6.14. The zero-order valence-corrected chi connectivity index (χ0v) is 14.4. The van der Waals surface area contributed by atoms with Crippen LogP contribution in [0.2, 0.25) is 0 Å². The van der Waals surface area contributed by atoms with Gasteiger partial charge in [0.25, 0.3) is 5.91 Å². The van der Waals surface area contributed by atoms with Crippen molar-refractivity contribution in [3.8, 4) is 5.69 Å². The molecule has 3 rings (SSSR count). The molecule has 2 N–H and O–H groups in total. The van der Waals surface area contributed by atoms with Crippen molar-refractivity contribution in [1.29, 1.82) is 0 Å². The molecule has 1 saturated heterocycles. The Labute approximate surface area is 142 Å². The maximum atomic E-state index is 12.6. The summed E-state index contributed by atoms with van der Waals surface area (Å²) < 4.78 is 1.83. The molecule has 1 aromatic heterocycles. The first kappa shape index (κ1) is 16.7. The average Bonchev–Trinajstić information content (AvgIpc) is 2.91. The molecule has 0 radical (unpaired) electrons. The van der Waals surface area contributed by atoms with Crippen molar-refractivity contribution in [1.82, 2.24) is 25.3 Å². The lowest BCUT2D eigenvalue weighted by molar-refractivity contribution is 0.0946. The van der Waals surface area contributed by atoms with Crippen molar-refractivity contribution < 1.29 is 4.79 Å². The van der Waals surface area contributed by atoms with Crippen LogP contribution in [0.4, 0.5) is 0 Å². The van der Waals surface area contributed by atoms with Gasteiger partial charge in [-0.25, -0.2) is 4.68 Å². The number of nitrogens with zero attached hydrogens (tertiary/aromatic N) is 3. The number of hydrogen-bond donors (Lipinski definition) is 2. The summed E-state index contributed by atoms with van der Waals surface area (Å²) in [5.41, 5.74) is 3.28. The highest BCUT2D eigenvalue weighted by Crippen LogP contribution is 2.17. The fourth-order valence-corrected chi connectivity index (χ4v) is 3.14. The third-order valence-corrected chi connectivity index (χ3v) is 4.44. The monoisotopic (exact) mass is 327 g/mol. The van der Waals surface area contributed by atoms with Crippen LogP contribution in [-0.4, -0.2) is 59.9 Å². The molecule has 0 aliphatic carbocycles. The summed E-state index contributed by atoms with van der Waals surface area (Å²) in [6.07, 6.45) is 0. The fourth-order valence-electron chi connectivity index (χ4n) is 3.14. The van der Waals surface area contributed by atoms with Crippen LogP contribution in [-0.2, 0) is 0 Å². The molecule has 1 aliphatic heterocycles. The van der Waals surface area contributed by atoms with Crippen LogP contribution in [0.5, 0.6) is 0 Å². The quantitative estimate of drug-likeness (QED) is 0.864. The summed E-state index contributed by atoms with van der Waals surface area (Å²) in [6, 6.07) is 9.90. The Morgan fingerprint density at radius 2 is 1.92 bits per heavy atom. The molecule has 128 valence electrons. The van der Waals surface area contributed by atoms with Crippen molar-refractivity contribution in [3.63, 3.8) is 0 Å². The van der Waals surface area contributed by atoms with Crippen molar-refractivity contribution in [2.75, 3.05) is 39.3 Å². The van der Waals surface area contributed by atoms with E-state index in [-0.39, 0.29) is 5.91 Å². The highest BCUT2D eigenvalue weighted by molar-refractivity contribution is 5.96. The third-order valence-electron chi connectivity index (χ3n) is 4.44. The van der Waals surface area contributed by atoms with Gasteiger partial charge in [-0.3, -0.25) is 9.69 Å². The number of piperazine rings is 1. The minimum absolute atomic E-state index is 0.0395. The normalized spacial score (nSPS) is 15.4. The second-order valence-corrected chi connectivity index (χ2v) is 6.14. The van der Waals surface area contributed by atoms with E-state index in [4.69, 9.17) is 0 Å². The highest BCUT2D eigenvalue weighted by Gasteiger charge is 2.19. The first-order valence-electron chi connectivity index (χ1n) is 8.49. The van der Waals surface area contributed by atoms with Crippen LogP contribution in [0, 0.1) is 13.8 Å². The first-order valence-corrected chi connectivity index (χ1v) is 8.49. The molecule has 1 aromatic carbocycles. The Bertz CT molecular complexity index is 689. The molecule has 0 spiro atoms. The minimum Gasteiger partial charge on any atom is -0.351 e. The molecule has 6 nitrogen and oxygen atoms in total. The molecule has 1 amide bonds. The topological polar surface area (TPSA) is 62.2 Å². The predicted octanol–water partition coefficient (Wildman–Crippen LogP) is 1.12. The van der Waals surface area contributed by atoms with Gasteiger partial charge in [-0.2, -0.15) is 5.10 Å². The Hall–Kier alpha value is -2.18. The molecular weight excluding hydrogens is 302 g/mol. The van der Waals surface area contributed by atoms with Crippen molar-refractivity contribution in [3.05, 3.63) is 47.3 Å². The van der Waals surface area contributed by atoms with E-state index in [2.05, 4.69) is 20.6 Å². The molecule has 1 aliphatic rings. The molecule has 0 unspecified atom stereocenters. The van der Waals surface area contributed by atoms with Gasteiger partial charge in [-0.1, -0.05) is 18.2 Å². The van der Waals surface area contributed by atoms with Gasteiger partial charge in [-0.15, -0.1) is 0 Å². The van der Waals surface area contributed by atoms with Crippen molar-refractivity contribution in [2.45, 2.75) is 13.8 Å². The number of carbonyl (C=O) groups is 1. The maximum Gasteiger partial charge on any atom is 0.255 e. The molecule has 2 heterocycles. The largest absolute Gasteiger partial charge is 0.351 e.